The zero-order valence-electron chi connectivity index (χ0n) is 10.8. The molecule has 1 saturated heterocycles. The Hall–Kier alpha value is -0.610. The Morgan fingerprint density at radius 2 is 2.12 bits per heavy atom. The van der Waals surface area contributed by atoms with E-state index in [1.54, 1.807) is 0 Å². The average Bonchev–Trinajstić information content (AvgIpc) is 3.16. The van der Waals surface area contributed by atoms with Crippen LogP contribution in [0.25, 0.3) is 0 Å². The lowest BCUT2D eigenvalue weighted by molar-refractivity contribution is -0.128. The molecule has 2 rings (SSSR count). The molecule has 17 heavy (non-hydrogen) atoms. The predicted octanol–water partition coefficient (Wildman–Crippen LogP) is 1.06. The van der Waals surface area contributed by atoms with Gasteiger partial charge >= 0.3 is 0 Å². The van der Waals surface area contributed by atoms with E-state index in [0.29, 0.717) is 5.41 Å². The lowest BCUT2D eigenvalue weighted by Crippen LogP contribution is -2.37. The topological polar surface area (TPSA) is 50.4 Å². The Balaban J connectivity index is 1.57. The molecule has 0 unspecified atom stereocenters. The molecule has 2 N–H and O–H groups in total. The standard InChI is InChI=1S/C13H24N2O2/c1-2-13(5-6-13)10-15-12(16)9-17-11-3-7-14-8-4-11/h11,14H,2-10H2,1H3,(H,15,16). The Bertz CT molecular complexity index is 258. The summed E-state index contributed by atoms with van der Waals surface area (Å²) in [7, 11) is 0. The van der Waals surface area contributed by atoms with E-state index in [4.69, 9.17) is 4.74 Å². The van der Waals surface area contributed by atoms with E-state index in [9.17, 15) is 4.79 Å². The number of piperidine rings is 1. The van der Waals surface area contributed by atoms with Gasteiger partial charge in [0.15, 0.2) is 0 Å². The van der Waals surface area contributed by atoms with Crippen molar-refractivity contribution in [2.75, 3.05) is 26.2 Å². The van der Waals surface area contributed by atoms with Gasteiger partial charge in [0, 0.05) is 6.54 Å². The predicted molar refractivity (Wildman–Crippen MR) is 66.8 cm³/mol. The highest BCUT2D eigenvalue weighted by molar-refractivity contribution is 5.77. The van der Waals surface area contributed by atoms with Gasteiger partial charge in [-0.3, -0.25) is 4.79 Å². The molecule has 0 bridgehead atoms. The van der Waals surface area contributed by atoms with Crippen LogP contribution in [0.3, 0.4) is 0 Å². The number of hydrogen-bond acceptors (Lipinski definition) is 3. The first kappa shape index (κ1) is 12.8. The number of carbonyl (C=O) groups is 1. The largest absolute Gasteiger partial charge is 0.368 e. The molecule has 0 spiro atoms. The Morgan fingerprint density at radius 3 is 2.71 bits per heavy atom. The van der Waals surface area contributed by atoms with Gasteiger partial charge in [-0.15, -0.1) is 0 Å². The molecule has 2 fully saturated rings. The van der Waals surface area contributed by atoms with Gasteiger partial charge in [0.25, 0.3) is 0 Å². The zero-order chi connectivity index (χ0) is 12.1. The van der Waals surface area contributed by atoms with Crippen molar-refractivity contribution >= 4 is 5.91 Å². The SMILES string of the molecule is CCC1(CNC(=O)COC2CCNCC2)CC1. The van der Waals surface area contributed by atoms with Crippen LogP contribution >= 0.6 is 0 Å². The third-order valence-electron chi connectivity index (χ3n) is 4.10. The first-order valence-electron chi connectivity index (χ1n) is 6.83. The normalized spacial score (nSPS) is 23.4. The van der Waals surface area contributed by atoms with Gasteiger partial charge in [-0.05, 0) is 50.6 Å². The molecule has 1 amide bonds. The van der Waals surface area contributed by atoms with Crippen molar-refractivity contribution in [3.05, 3.63) is 0 Å². The second-order valence-corrected chi connectivity index (χ2v) is 5.39. The van der Waals surface area contributed by atoms with Gasteiger partial charge in [-0.1, -0.05) is 6.92 Å². The quantitative estimate of drug-likeness (QED) is 0.730. The number of amides is 1. The molecule has 0 atom stereocenters. The highest BCUT2D eigenvalue weighted by Gasteiger charge is 2.40. The zero-order valence-corrected chi connectivity index (χ0v) is 10.8. The van der Waals surface area contributed by atoms with Crippen molar-refractivity contribution in [1.82, 2.24) is 10.6 Å². The van der Waals surface area contributed by atoms with E-state index < -0.39 is 0 Å². The van der Waals surface area contributed by atoms with E-state index in [-0.39, 0.29) is 18.6 Å². The minimum atomic E-state index is 0.0447. The highest BCUT2D eigenvalue weighted by Crippen LogP contribution is 2.47. The molecule has 1 aliphatic heterocycles. The Labute approximate surface area is 103 Å². The van der Waals surface area contributed by atoms with E-state index in [1.807, 2.05) is 0 Å². The maximum Gasteiger partial charge on any atom is 0.246 e. The first-order valence-corrected chi connectivity index (χ1v) is 6.83. The van der Waals surface area contributed by atoms with Crippen molar-refractivity contribution in [3.8, 4) is 0 Å². The third kappa shape index (κ3) is 3.96. The fraction of sp³-hybridized carbons (Fsp3) is 0.923. The van der Waals surface area contributed by atoms with Crippen molar-refractivity contribution < 1.29 is 9.53 Å². The van der Waals surface area contributed by atoms with Crippen LogP contribution in [-0.4, -0.2) is 38.3 Å². The summed E-state index contributed by atoms with van der Waals surface area (Å²) in [6.07, 6.45) is 6.00. The molecular weight excluding hydrogens is 216 g/mol. The van der Waals surface area contributed by atoms with Crippen LogP contribution < -0.4 is 10.6 Å². The molecule has 4 nitrogen and oxygen atoms in total. The molecule has 98 valence electrons. The number of hydrogen-bond donors (Lipinski definition) is 2. The van der Waals surface area contributed by atoms with E-state index >= 15 is 0 Å². The monoisotopic (exact) mass is 240 g/mol. The second-order valence-electron chi connectivity index (χ2n) is 5.39. The van der Waals surface area contributed by atoms with Crippen LogP contribution in [0, 0.1) is 5.41 Å². The Morgan fingerprint density at radius 1 is 1.41 bits per heavy atom. The fourth-order valence-corrected chi connectivity index (χ4v) is 2.32. The number of nitrogens with one attached hydrogen (secondary N) is 2. The van der Waals surface area contributed by atoms with Crippen molar-refractivity contribution in [2.24, 2.45) is 5.41 Å². The maximum absolute atomic E-state index is 11.6. The summed E-state index contributed by atoms with van der Waals surface area (Å²) in [5.74, 6) is 0.0447. The highest BCUT2D eigenvalue weighted by atomic mass is 16.5. The third-order valence-corrected chi connectivity index (χ3v) is 4.10. The molecule has 0 aromatic heterocycles. The summed E-state index contributed by atoms with van der Waals surface area (Å²) in [5, 5.41) is 6.28. The molecule has 2 aliphatic rings. The van der Waals surface area contributed by atoms with Crippen LogP contribution in [0.4, 0.5) is 0 Å². The summed E-state index contributed by atoms with van der Waals surface area (Å²) < 4.78 is 5.61. The van der Waals surface area contributed by atoms with E-state index in [1.165, 1.54) is 19.3 Å². The van der Waals surface area contributed by atoms with Gasteiger partial charge in [0.05, 0.1) is 6.10 Å². The lowest BCUT2D eigenvalue weighted by Gasteiger charge is -2.22. The van der Waals surface area contributed by atoms with Gasteiger partial charge in [0.1, 0.15) is 6.61 Å². The van der Waals surface area contributed by atoms with Crippen molar-refractivity contribution in [2.45, 2.75) is 45.1 Å². The average molecular weight is 240 g/mol. The second kappa shape index (κ2) is 5.83. The van der Waals surface area contributed by atoms with Crippen LogP contribution in [-0.2, 0) is 9.53 Å². The van der Waals surface area contributed by atoms with E-state index in [0.717, 1.165) is 32.5 Å². The minimum absolute atomic E-state index is 0.0447. The molecule has 1 aliphatic carbocycles. The minimum Gasteiger partial charge on any atom is -0.368 e. The van der Waals surface area contributed by atoms with Crippen molar-refractivity contribution in [3.63, 3.8) is 0 Å². The molecule has 0 aromatic carbocycles. The lowest BCUT2D eigenvalue weighted by atomic mass is 10.0. The van der Waals surface area contributed by atoms with E-state index in [2.05, 4.69) is 17.6 Å². The van der Waals surface area contributed by atoms with Crippen LogP contribution in [0.5, 0.6) is 0 Å². The van der Waals surface area contributed by atoms with Crippen molar-refractivity contribution in [1.29, 1.82) is 0 Å². The molecule has 0 radical (unpaired) electrons. The molecule has 1 saturated carbocycles. The summed E-state index contributed by atoms with van der Waals surface area (Å²) in [6.45, 7) is 5.27. The molecule has 1 heterocycles. The Kier molecular flexibility index (Phi) is 4.40. The maximum atomic E-state index is 11.6. The number of carbonyl (C=O) groups excluding carboxylic acids is 1. The summed E-state index contributed by atoms with van der Waals surface area (Å²) >= 11 is 0. The van der Waals surface area contributed by atoms with Gasteiger partial charge in [0.2, 0.25) is 5.91 Å². The smallest absolute Gasteiger partial charge is 0.246 e. The molecular formula is C13H24N2O2. The van der Waals surface area contributed by atoms with Crippen LogP contribution in [0.1, 0.15) is 39.0 Å². The summed E-state index contributed by atoms with van der Waals surface area (Å²) in [4.78, 5) is 11.6. The fourth-order valence-electron chi connectivity index (χ4n) is 2.32. The number of ether oxygens (including phenoxy) is 1. The van der Waals surface area contributed by atoms with Gasteiger partial charge in [-0.2, -0.15) is 0 Å². The van der Waals surface area contributed by atoms with Gasteiger partial charge in [-0.25, -0.2) is 0 Å². The van der Waals surface area contributed by atoms with Gasteiger partial charge < -0.3 is 15.4 Å². The summed E-state index contributed by atoms with van der Waals surface area (Å²) in [6, 6.07) is 0. The van der Waals surface area contributed by atoms with Crippen LogP contribution in [0.15, 0.2) is 0 Å². The summed E-state index contributed by atoms with van der Waals surface area (Å²) in [5.41, 5.74) is 0.421. The molecule has 0 aromatic rings. The molecule has 4 heteroatoms. The first-order chi connectivity index (χ1) is 8.24. The van der Waals surface area contributed by atoms with Crippen LogP contribution in [0.2, 0.25) is 0 Å². The number of rotatable bonds is 6.